The number of rotatable bonds is 20. The van der Waals surface area contributed by atoms with Gasteiger partial charge in [0, 0.05) is 24.2 Å². The zero-order chi connectivity index (χ0) is 37.8. The monoisotopic (exact) mass is 711 g/mol. The Morgan fingerprint density at radius 1 is 1.04 bits per heavy atom. The molecule has 2 heterocycles. The van der Waals surface area contributed by atoms with Crippen LogP contribution in [0.4, 0.5) is 11.6 Å². The number of fused-ring (bicyclic) bond motifs is 1. The first-order chi connectivity index (χ1) is 24.1. The van der Waals surface area contributed by atoms with E-state index in [0.717, 1.165) is 0 Å². The van der Waals surface area contributed by atoms with E-state index in [1.54, 1.807) is 26.0 Å². The van der Waals surface area contributed by atoms with Crippen molar-refractivity contribution in [1.29, 1.82) is 0 Å². The van der Waals surface area contributed by atoms with Crippen LogP contribution in [0.1, 0.15) is 76.4 Å². The average Bonchev–Trinajstić information content (AvgIpc) is 3.08. The molecule has 3 aromatic rings. The number of nitrogens with one attached hydrogen (secondary N) is 5. The van der Waals surface area contributed by atoms with Crippen molar-refractivity contribution in [2.45, 2.75) is 84.0 Å². The molecule has 19 nitrogen and oxygen atoms in total. The van der Waals surface area contributed by atoms with Crippen LogP contribution in [0.5, 0.6) is 0 Å². The highest BCUT2D eigenvalue weighted by atomic mass is 16.6. The number of nitrogen functional groups attached to an aromatic ring is 1. The minimum Gasteiger partial charge on any atom is -0.481 e. The van der Waals surface area contributed by atoms with Crippen molar-refractivity contribution in [2.24, 2.45) is 10.3 Å². The number of aliphatic carboxylic acids is 1. The molecule has 3 rings (SSSR count). The summed E-state index contributed by atoms with van der Waals surface area (Å²) >= 11 is 0. The molecule has 276 valence electrons. The molecule has 2 aromatic heterocycles. The van der Waals surface area contributed by atoms with Gasteiger partial charge in [-0.25, -0.2) is 9.97 Å². The van der Waals surface area contributed by atoms with Gasteiger partial charge in [-0.15, -0.1) is 0 Å². The van der Waals surface area contributed by atoms with Gasteiger partial charge in [-0.2, -0.15) is 10.5 Å². The molecule has 0 unspecified atom stereocenters. The number of hydrogen-bond donors (Lipinski definition) is 9. The van der Waals surface area contributed by atoms with Crippen molar-refractivity contribution in [3.63, 3.8) is 0 Å². The third kappa shape index (κ3) is 11.5. The maximum Gasteiger partial charge on any atom is 0.303 e. The van der Waals surface area contributed by atoms with Gasteiger partial charge in [-0.3, -0.25) is 29.0 Å². The fraction of sp³-hybridized carbons (Fsp3) is 0.469. The molecule has 0 spiro atoms. The fourth-order valence-corrected chi connectivity index (χ4v) is 4.93. The number of Topliss-reactive ketones (excluding diaryl/α,β-unsaturated/α-hetero) is 1. The van der Waals surface area contributed by atoms with E-state index in [2.05, 4.69) is 51.7 Å². The SMILES string of the molecule is CCC(=NO)C(C)(C)NCCONC(C)(C)C(CC(=O)[C@H](CCC(=O)O)NC(=O)c1ccc(NCc2cnc3nc(N)[nH]c(=O)c3n2)cc1)=NO. The lowest BCUT2D eigenvalue weighted by atomic mass is 9.92. The summed E-state index contributed by atoms with van der Waals surface area (Å²) in [5.41, 5.74) is 8.07. The van der Waals surface area contributed by atoms with Gasteiger partial charge in [0.05, 0.1) is 60.0 Å². The summed E-state index contributed by atoms with van der Waals surface area (Å²) in [7, 11) is 0. The van der Waals surface area contributed by atoms with Gasteiger partial charge in [0.1, 0.15) is 0 Å². The summed E-state index contributed by atoms with van der Waals surface area (Å²) in [4.78, 5) is 70.2. The van der Waals surface area contributed by atoms with Crippen LogP contribution in [-0.2, 0) is 21.0 Å². The van der Waals surface area contributed by atoms with Crippen molar-refractivity contribution >= 4 is 51.9 Å². The van der Waals surface area contributed by atoms with Crippen LogP contribution in [0, 0.1) is 0 Å². The lowest BCUT2D eigenvalue weighted by molar-refractivity contribution is -0.137. The Morgan fingerprint density at radius 2 is 1.73 bits per heavy atom. The molecule has 0 fully saturated rings. The molecule has 10 N–H and O–H groups in total. The molecule has 0 radical (unpaired) electrons. The number of amides is 1. The average molecular weight is 712 g/mol. The summed E-state index contributed by atoms with van der Waals surface area (Å²) in [5.74, 6) is -2.41. The van der Waals surface area contributed by atoms with Crippen LogP contribution >= 0.6 is 0 Å². The first-order valence-electron chi connectivity index (χ1n) is 16.1. The summed E-state index contributed by atoms with van der Waals surface area (Å²) in [6.07, 6.45) is 0.993. The predicted octanol–water partition coefficient (Wildman–Crippen LogP) is 1.57. The fourth-order valence-electron chi connectivity index (χ4n) is 4.93. The maximum absolute atomic E-state index is 13.4. The van der Waals surface area contributed by atoms with Crippen molar-refractivity contribution in [3.8, 4) is 0 Å². The molecule has 0 aliphatic carbocycles. The minimum absolute atomic E-state index is 0.00687. The number of aromatic amines is 1. The van der Waals surface area contributed by atoms with E-state index in [-0.39, 0.29) is 48.0 Å². The van der Waals surface area contributed by atoms with Crippen molar-refractivity contribution in [1.82, 2.24) is 36.0 Å². The Morgan fingerprint density at radius 3 is 2.35 bits per heavy atom. The van der Waals surface area contributed by atoms with Crippen LogP contribution in [0.25, 0.3) is 11.2 Å². The molecule has 0 bridgehead atoms. The number of carboxylic acids is 1. The molecule has 0 saturated heterocycles. The summed E-state index contributed by atoms with van der Waals surface area (Å²) in [6, 6.07) is 5.07. The standard InChI is InChI=1S/C32H45N11O8/c1-6-23(41-49)31(2,3)36-13-14-51-43-32(4,5)24(42-50)15-22(44)21(11-12-25(45)46)38-28(47)18-7-9-19(10-8-18)34-16-20-17-35-27-26(37-20)29(48)40-30(33)39-27/h7-10,17,21,34,36,43,49-50H,6,11-16H2,1-5H3,(H,38,47)(H,45,46)(H3,33,35,39,40,48)/t21-/m0/s1. The number of carbonyl (C=O) groups is 3. The number of benzene rings is 1. The second kappa shape index (κ2) is 17.9. The molecule has 51 heavy (non-hydrogen) atoms. The molecule has 19 heteroatoms. The zero-order valence-electron chi connectivity index (χ0n) is 29.1. The van der Waals surface area contributed by atoms with E-state index < -0.39 is 53.2 Å². The number of ketones is 1. The van der Waals surface area contributed by atoms with Crippen LogP contribution < -0.4 is 32.7 Å². The van der Waals surface area contributed by atoms with Gasteiger partial charge in [-0.1, -0.05) is 17.2 Å². The number of nitrogens with zero attached hydrogens (tertiary/aromatic N) is 5. The second-order valence-electron chi connectivity index (χ2n) is 12.6. The lowest BCUT2D eigenvalue weighted by Gasteiger charge is -2.29. The first kappa shape index (κ1) is 39.9. The highest BCUT2D eigenvalue weighted by molar-refractivity contribution is 6.09. The predicted molar refractivity (Wildman–Crippen MR) is 188 cm³/mol. The molecule has 1 amide bonds. The Hall–Kier alpha value is -5.53. The lowest BCUT2D eigenvalue weighted by Crippen LogP contribution is -2.51. The molecule has 1 atom stereocenters. The Balaban J connectivity index is 1.59. The van der Waals surface area contributed by atoms with Gasteiger partial charge in [-0.05, 0) is 64.8 Å². The second-order valence-corrected chi connectivity index (χ2v) is 12.6. The van der Waals surface area contributed by atoms with Crippen molar-refractivity contribution in [2.75, 3.05) is 24.2 Å². The van der Waals surface area contributed by atoms with Crippen molar-refractivity contribution < 1.29 is 34.7 Å². The number of H-pyrrole nitrogens is 1. The van der Waals surface area contributed by atoms with Gasteiger partial charge < -0.3 is 37.2 Å². The van der Waals surface area contributed by atoms with E-state index in [9.17, 15) is 34.7 Å². The summed E-state index contributed by atoms with van der Waals surface area (Å²) in [6.45, 7) is 9.59. The topological polar surface area (TPSA) is 292 Å². The molecular weight excluding hydrogens is 666 g/mol. The van der Waals surface area contributed by atoms with E-state index >= 15 is 0 Å². The third-order valence-electron chi connectivity index (χ3n) is 7.91. The van der Waals surface area contributed by atoms with Crippen LogP contribution in [0.2, 0.25) is 0 Å². The quantitative estimate of drug-likeness (QED) is 0.0348. The number of oxime groups is 2. The highest BCUT2D eigenvalue weighted by Crippen LogP contribution is 2.15. The number of hydrogen-bond acceptors (Lipinski definition) is 16. The number of aromatic nitrogens is 4. The number of carbonyl (C=O) groups excluding carboxylic acids is 2. The van der Waals surface area contributed by atoms with E-state index in [1.807, 2.05) is 20.8 Å². The molecule has 0 saturated carbocycles. The first-order valence-corrected chi connectivity index (χ1v) is 16.1. The summed E-state index contributed by atoms with van der Waals surface area (Å²) < 4.78 is 0. The largest absolute Gasteiger partial charge is 0.481 e. The van der Waals surface area contributed by atoms with E-state index in [1.165, 1.54) is 18.3 Å². The number of hydroxylamine groups is 1. The Labute approximate surface area is 293 Å². The molecule has 0 aliphatic heterocycles. The van der Waals surface area contributed by atoms with Crippen LogP contribution in [-0.4, -0.2) is 94.8 Å². The third-order valence-corrected chi connectivity index (χ3v) is 7.91. The van der Waals surface area contributed by atoms with Crippen molar-refractivity contribution in [3.05, 3.63) is 52.1 Å². The van der Waals surface area contributed by atoms with Gasteiger partial charge in [0.2, 0.25) is 5.95 Å². The van der Waals surface area contributed by atoms with Gasteiger partial charge >= 0.3 is 5.97 Å². The molecule has 0 aliphatic rings. The Kier molecular flexibility index (Phi) is 14.0. The zero-order valence-corrected chi connectivity index (χ0v) is 29.1. The smallest absolute Gasteiger partial charge is 0.303 e. The normalized spacial score (nSPS) is 13.2. The van der Waals surface area contributed by atoms with Crippen LogP contribution in [0.3, 0.4) is 0 Å². The number of anilines is 2. The summed E-state index contributed by atoms with van der Waals surface area (Å²) in [5, 5.41) is 43.8. The van der Waals surface area contributed by atoms with E-state index in [0.29, 0.717) is 30.1 Å². The van der Waals surface area contributed by atoms with Gasteiger partial charge in [0.25, 0.3) is 11.5 Å². The molecule has 1 aromatic carbocycles. The minimum atomic E-state index is -1.20. The maximum atomic E-state index is 13.4. The molecular formula is C32H45N11O8. The highest BCUT2D eigenvalue weighted by Gasteiger charge is 2.32. The van der Waals surface area contributed by atoms with Crippen LogP contribution in [0.15, 0.2) is 45.6 Å². The Bertz CT molecular complexity index is 1810. The van der Waals surface area contributed by atoms with E-state index in [4.69, 9.17) is 10.6 Å². The van der Waals surface area contributed by atoms with Gasteiger partial charge in [0.15, 0.2) is 16.9 Å². The number of nitrogens with two attached hydrogens (primary N) is 1. The number of carboxylic acid groups (broad SMARTS) is 1.